The van der Waals surface area contributed by atoms with E-state index in [9.17, 15) is 14.7 Å². The summed E-state index contributed by atoms with van der Waals surface area (Å²) in [7, 11) is 0. The lowest BCUT2D eigenvalue weighted by Crippen LogP contribution is -2.19. The third-order valence-electron chi connectivity index (χ3n) is 4.59. The van der Waals surface area contributed by atoms with Crippen LogP contribution in [0.5, 0.6) is 5.75 Å². The fraction of sp³-hybridized carbons (Fsp3) is 0.115. The Kier molecular flexibility index (Phi) is 8.82. The van der Waals surface area contributed by atoms with E-state index in [4.69, 9.17) is 21.1 Å². The van der Waals surface area contributed by atoms with Crippen molar-refractivity contribution < 1.29 is 24.2 Å². The van der Waals surface area contributed by atoms with Gasteiger partial charge in [0.15, 0.2) is 0 Å². The number of aliphatic hydroxyl groups excluding tert-OH is 1. The highest BCUT2D eigenvalue weighted by Crippen LogP contribution is 2.17. The molecular weight excluding hydrogens is 456 g/mol. The molecule has 3 rings (SSSR count). The number of carbonyl (C=O) groups excluding carboxylic acids is 2. The largest absolute Gasteiger partial charge is 0.506 e. The first-order chi connectivity index (χ1) is 16.5. The summed E-state index contributed by atoms with van der Waals surface area (Å²) in [5.74, 6) is -0.971. The van der Waals surface area contributed by atoms with Crippen LogP contribution in [-0.2, 0) is 16.1 Å². The van der Waals surface area contributed by atoms with Gasteiger partial charge in [-0.2, -0.15) is 5.10 Å². The number of hydrogen-bond donors (Lipinski definition) is 2. The number of hydrazone groups is 1. The lowest BCUT2D eigenvalue weighted by Gasteiger charge is -2.08. The molecule has 8 heteroatoms. The zero-order valence-electron chi connectivity index (χ0n) is 18.4. The number of benzene rings is 3. The fourth-order valence-electron chi connectivity index (χ4n) is 2.84. The molecule has 0 radical (unpaired) electrons. The molecule has 0 aliphatic heterocycles. The van der Waals surface area contributed by atoms with E-state index in [1.807, 2.05) is 12.1 Å². The van der Waals surface area contributed by atoms with Gasteiger partial charge in [0.2, 0.25) is 0 Å². The van der Waals surface area contributed by atoms with E-state index < -0.39 is 11.9 Å². The minimum Gasteiger partial charge on any atom is -0.506 e. The molecule has 0 aliphatic rings. The van der Waals surface area contributed by atoms with E-state index in [0.717, 1.165) is 11.8 Å². The SMILES string of the molecule is CCOC(=O)C(C=NNC(=O)c1ccc(OCc2ccc(Cl)cc2)cc1)=C(O)c1ccccc1. The Morgan fingerprint density at radius 2 is 1.65 bits per heavy atom. The molecular formula is C26H23ClN2O5. The van der Waals surface area contributed by atoms with Gasteiger partial charge in [-0.1, -0.05) is 54.1 Å². The third-order valence-corrected chi connectivity index (χ3v) is 4.84. The molecule has 2 N–H and O–H groups in total. The van der Waals surface area contributed by atoms with Crippen LogP contribution < -0.4 is 10.2 Å². The molecule has 0 saturated carbocycles. The molecule has 0 aromatic heterocycles. The van der Waals surface area contributed by atoms with Crippen LogP contribution in [-0.4, -0.2) is 29.8 Å². The number of ether oxygens (including phenoxy) is 2. The highest BCUT2D eigenvalue weighted by molar-refractivity contribution is 6.30. The standard InChI is InChI=1S/C26H23ClN2O5/c1-2-33-26(32)23(24(30)19-6-4-3-5-7-19)16-28-29-25(31)20-10-14-22(15-11-20)34-17-18-8-12-21(27)13-9-18/h3-16,30H,2,17H2,1H3,(H,29,31). The van der Waals surface area contributed by atoms with Crippen LogP contribution in [0.1, 0.15) is 28.4 Å². The van der Waals surface area contributed by atoms with Gasteiger partial charge < -0.3 is 14.6 Å². The van der Waals surface area contributed by atoms with Gasteiger partial charge in [-0.25, -0.2) is 10.2 Å². The van der Waals surface area contributed by atoms with Gasteiger partial charge in [0, 0.05) is 16.1 Å². The lowest BCUT2D eigenvalue weighted by atomic mass is 10.1. The van der Waals surface area contributed by atoms with Crippen molar-refractivity contribution in [2.24, 2.45) is 5.10 Å². The van der Waals surface area contributed by atoms with E-state index in [1.165, 1.54) is 0 Å². The molecule has 0 atom stereocenters. The highest BCUT2D eigenvalue weighted by Gasteiger charge is 2.16. The van der Waals surface area contributed by atoms with Crippen molar-refractivity contribution in [3.63, 3.8) is 0 Å². The van der Waals surface area contributed by atoms with Gasteiger partial charge in [-0.05, 0) is 48.9 Å². The molecule has 174 valence electrons. The average molecular weight is 479 g/mol. The summed E-state index contributed by atoms with van der Waals surface area (Å²) >= 11 is 5.88. The summed E-state index contributed by atoms with van der Waals surface area (Å²) in [5.41, 5.74) is 3.87. The normalized spacial score (nSPS) is 11.6. The summed E-state index contributed by atoms with van der Waals surface area (Å²) in [6, 6.07) is 22.3. The van der Waals surface area contributed by atoms with Gasteiger partial charge in [0.1, 0.15) is 23.7 Å². The van der Waals surface area contributed by atoms with E-state index >= 15 is 0 Å². The first-order valence-corrected chi connectivity index (χ1v) is 10.8. The molecule has 0 heterocycles. The molecule has 0 fully saturated rings. The Hall–Kier alpha value is -4.10. The predicted molar refractivity (Wildman–Crippen MR) is 131 cm³/mol. The average Bonchev–Trinajstić information content (AvgIpc) is 2.86. The Morgan fingerprint density at radius 1 is 0.971 bits per heavy atom. The first kappa shape index (κ1) is 24.5. The van der Waals surface area contributed by atoms with Crippen LogP contribution in [0.15, 0.2) is 89.5 Å². The van der Waals surface area contributed by atoms with Gasteiger partial charge >= 0.3 is 5.97 Å². The van der Waals surface area contributed by atoms with Crippen LogP contribution in [0.2, 0.25) is 5.02 Å². The van der Waals surface area contributed by atoms with Crippen molar-refractivity contribution in [2.45, 2.75) is 13.5 Å². The van der Waals surface area contributed by atoms with Crippen molar-refractivity contribution in [2.75, 3.05) is 6.61 Å². The van der Waals surface area contributed by atoms with Gasteiger partial charge in [0.05, 0.1) is 12.8 Å². The van der Waals surface area contributed by atoms with Crippen LogP contribution in [0.4, 0.5) is 0 Å². The Bertz CT molecular complexity index is 1170. The van der Waals surface area contributed by atoms with Crippen molar-refractivity contribution in [1.82, 2.24) is 5.43 Å². The number of nitrogens with one attached hydrogen (secondary N) is 1. The zero-order valence-corrected chi connectivity index (χ0v) is 19.2. The molecule has 0 unspecified atom stereocenters. The molecule has 0 bridgehead atoms. The van der Waals surface area contributed by atoms with Crippen LogP contribution in [0.3, 0.4) is 0 Å². The van der Waals surface area contributed by atoms with Gasteiger partial charge in [-0.15, -0.1) is 0 Å². The van der Waals surface area contributed by atoms with Crippen LogP contribution in [0.25, 0.3) is 5.76 Å². The minimum absolute atomic E-state index is 0.122. The molecule has 0 spiro atoms. The maximum atomic E-state index is 12.4. The van der Waals surface area contributed by atoms with Crippen molar-refractivity contribution in [3.05, 3.63) is 106 Å². The third kappa shape index (κ3) is 6.95. The number of halogens is 1. The van der Waals surface area contributed by atoms with Gasteiger partial charge in [0.25, 0.3) is 5.91 Å². The maximum Gasteiger partial charge on any atom is 0.343 e. The summed E-state index contributed by atoms with van der Waals surface area (Å²) in [6.45, 7) is 2.13. The quantitative estimate of drug-likeness (QED) is 0.145. The number of esters is 1. The van der Waals surface area contributed by atoms with Crippen molar-refractivity contribution in [1.29, 1.82) is 0 Å². The minimum atomic E-state index is -0.760. The van der Waals surface area contributed by atoms with E-state index in [1.54, 1.807) is 73.7 Å². The topological polar surface area (TPSA) is 97.2 Å². The second kappa shape index (κ2) is 12.2. The summed E-state index contributed by atoms with van der Waals surface area (Å²) in [5, 5.41) is 15.0. The number of rotatable bonds is 9. The van der Waals surface area contributed by atoms with Crippen LogP contribution >= 0.6 is 11.6 Å². The number of nitrogens with zero attached hydrogens (tertiary/aromatic N) is 1. The van der Waals surface area contributed by atoms with Crippen molar-refractivity contribution >= 4 is 35.5 Å². The zero-order chi connectivity index (χ0) is 24.3. The second-order valence-corrected chi connectivity index (χ2v) is 7.42. The smallest absolute Gasteiger partial charge is 0.343 e. The molecule has 3 aromatic carbocycles. The Balaban J connectivity index is 1.63. The highest BCUT2D eigenvalue weighted by atomic mass is 35.5. The van der Waals surface area contributed by atoms with E-state index in [-0.39, 0.29) is 17.9 Å². The molecule has 0 aliphatic carbocycles. The van der Waals surface area contributed by atoms with E-state index in [0.29, 0.717) is 28.5 Å². The monoisotopic (exact) mass is 478 g/mol. The summed E-state index contributed by atoms with van der Waals surface area (Å²) < 4.78 is 10.7. The second-order valence-electron chi connectivity index (χ2n) is 6.99. The van der Waals surface area contributed by atoms with Gasteiger partial charge in [-0.3, -0.25) is 4.79 Å². The predicted octanol–water partition coefficient (Wildman–Crippen LogP) is 5.17. The Morgan fingerprint density at radius 3 is 2.29 bits per heavy atom. The van der Waals surface area contributed by atoms with E-state index in [2.05, 4.69) is 10.5 Å². The summed E-state index contributed by atoms with van der Waals surface area (Å²) in [4.78, 5) is 24.7. The van der Waals surface area contributed by atoms with Crippen molar-refractivity contribution in [3.8, 4) is 5.75 Å². The Labute approximate surface area is 202 Å². The molecule has 0 saturated heterocycles. The first-order valence-electron chi connectivity index (χ1n) is 10.4. The molecule has 3 aromatic rings. The summed E-state index contributed by atoms with van der Waals surface area (Å²) in [6.07, 6.45) is 1.06. The molecule has 7 nitrogen and oxygen atoms in total. The molecule has 1 amide bonds. The molecule has 34 heavy (non-hydrogen) atoms. The number of hydrogen-bond acceptors (Lipinski definition) is 6. The lowest BCUT2D eigenvalue weighted by molar-refractivity contribution is -0.137. The fourth-order valence-corrected chi connectivity index (χ4v) is 2.97. The maximum absolute atomic E-state index is 12.4. The number of carbonyl (C=O) groups is 2. The number of amides is 1. The number of aliphatic hydroxyl groups is 1. The van der Waals surface area contributed by atoms with Crippen LogP contribution in [0, 0.1) is 0 Å².